The first kappa shape index (κ1) is 14.9. The molecular formula is C16H24N2O2. The summed E-state index contributed by atoms with van der Waals surface area (Å²) in [6, 6.07) is 10.0. The molecule has 0 aliphatic carbocycles. The van der Waals surface area contributed by atoms with E-state index >= 15 is 0 Å². The van der Waals surface area contributed by atoms with Gasteiger partial charge in [0.25, 0.3) is 0 Å². The second-order valence-corrected chi connectivity index (χ2v) is 5.38. The van der Waals surface area contributed by atoms with Gasteiger partial charge in [0, 0.05) is 12.0 Å². The molecule has 1 aliphatic rings. The first-order chi connectivity index (χ1) is 9.75. The van der Waals surface area contributed by atoms with Crippen molar-refractivity contribution >= 4 is 5.91 Å². The van der Waals surface area contributed by atoms with Crippen LogP contribution in [-0.2, 0) is 4.79 Å². The normalized spacial score (nSPS) is 17.4. The van der Waals surface area contributed by atoms with Crippen molar-refractivity contribution < 1.29 is 9.53 Å². The van der Waals surface area contributed by atoms with Crippen LogP contribution in [0.5, 0.6) is 5.75 Å². The number of rotatable bonds is 6. The molecule has 1 aromatic rings. The van der Waals surface area contributed by atoms with Crippen molar-refractivity contribution in [3.8, 4) is 5.75 Å². The Morgan fingerprint density at radius 3 is 2.75 bits per heavy atom. The first-order valence-corrected chi connectivity index (χ1v) is 7.44. The van der Waals surface area contributed by atoms with Gasteiger partial charge in [0.15, 0.2) is 0 Å². The Bertz CT molecular complexity index is 402. The number of nitrogens with one attached hydrogen (secondary N) is 2. The molecule has 0 aromatic heterocycles. The van der Waals surface area contributed by atoms with E-state index in [4.69, 9.17) is 4.74 Å². The van der Waals surface area contributed by atoms with Crippen LogP contribution in [0.15, 0.2) is 30.3 Å². The smallest absolute Gasteiger partial charge is 0.223 e. The van der Waals surface area contributed by atoms with E-state index in [2.05, 4.69) is 10.6 Å². The number of benzene rings is 1. The number of piperidine rings is 1. The molecule has 0 radical (unpaired) electrons. The summed E-state index contributed by atoms with van der Waals surface area (Å²) in [5, 5.41) is 6.43. The second kappa shape index (κ2) is 7.90. The highest BCUT2D eigenvalue weighted by Gasteiger charge is 2.19. The molecule has 0 bridgehead atoms. The lowest BCUT2D eigenvalue weighted by Gasteiger charge is -2.25. The second-order valence-electron chi connectivity index (χ2n) is 5.38. The summed E-state index contributed by atoms with van der Waals surface area (Å²) in [4.78, 5) is 12.1. The largest absolute Gasteiger partial charge is 0.494 e. The summed E-state index contributed by atoms with van der Waals surface area (Å²) in [6.07, 6.45) is 2.80. The van der Waals surface area contributed by atoms with E-state index in [0.717, 1.165) is 38.1 Å². The third kappa shape index (κ3) is 4.85. The van der Waals surface area contributed by atoms with E-state index < -0.39 is 0 Å². The highest BCUT2D eigenvalue weighted by atomic mass is 16.5. The number of hydrogen-bond donors (Lipinski definition) is 2. The Morgan fingerprint density at radius 1 is 1.35 bits per heavy atom. The number of carbonyl (C=O) groups is 1. The van der Waals surface area contributed by atoms with Gasteiger partial charge in [0.05, 0.1) is 6.61 Å². The van der Waals surface area contributed by atoms with Crippen LogP contribution in [0.3, 0.4) is 0 Å². The lowest BCUT2D eigenvalue weighted by Crippen LogP contribution is -2.44. The quantitative estimate of drug-likeness (QED) is 0.835. The topological polar surface area (TPSA) is 50.4 Å². The van der Waals surface area contributed by atoms with E-state index in [1.54, 1.807) is 0 Å². The maximum absolute atomic E-state index is 12.1. The summed E-state index contributed by atoms with van der Waals surface area (Å²) >= 11 is 0. The molecule has 0 saturated carbocycles. The van der Waals surface area contributed by atoms with Crippen LogP contribution in [0.25, 0.3) is 0 Å². The van der Waals surface area contributed by atoms with Crippen molar-refractivity contribution in [3.63, 3.8) is 0 Å². The van der Waals surface area contributed by atoms with Crippen LogP contribution >= 0.6 is 0 Å². The van der Waals surface area contributed by atoms with Crippen LogP contribution in [0.2, 0.25) is 0 Å². The van der Waals surface area contributed by atoms with Crippen molar-refractivity contribution in [2.45, 2.75) is 32.2 Å². The molecule has 4 heteroatoms. The van der Waals surface area contributed by atoms with E-state index in [-0.39, 0.29) is 11.8 Å². The average molecular weight is 276 g/mol. The maximum Gasteiger partial charge on any atom is 0.223 e. The number of carbonyl (C=O) groups excluding carboxylic acids is 1. The van der Waals surface area contributed by atoms with E-state index in [1.165, 1.54) is 0 Å². The highest BCUT2D eigenvalue weighted by Crippen LogP contribution is 2.11. The van der Waals surface area contributed by atoms with E-state index in [9.17, 15) is 4.79 Å². The van der Waals surface area contributed by atoms with Gasteiger partial charge >= 0.3 is 0 Å². The summed E-state index contributed by atoms with van der Waals surface area (Å²) in [6.45, 7) is 4.53. The molecule has 2 N–H and O–H groups in total. The summed E-state index contributed by atoms with van der Waals surface area (Å²) in [5.74, 6) is 1.00. The molecule has 1 heterocycles. The predicted octanol–water partition coefficient (Wildman–Crippen LogP) is 1.96. The zero-order chi connectivity index (χ0) is 14.2. The Balaban J connectivity index is 1.65. The lowest BCUT2D eigenvalue weighted by atomic mass is 10.0. The van der Waals surface area contributed by atoms with Crippen LogP contribution in [0.4, 0.5) is 0 Å². The number of hydrogen-bond acceptors (Lipinski definition) is 3. The molecule has 1 saturated heterocycles. The van der Waals surface area contributed by atoms with Crippen LogP contribution < -0.4 is 15.4 Å². The van der Waals surface area contributed by atoms with Gasteiger partial charge in [0.1, 0.15) is 5.75 Å². The SMILES string of the molecule is CC(CCOc1ccccc1)C(=O)NC1CCNCC1. The molecule has 0 spiro atoms. The van der Waals surface area contributed by atoms with Crippen LogP contribution in [-0.4, -0.2) is 31.6 Å². The van der Waals surface area contributed by atoms with Gasteiger partial charge < -0.3 is 15.4 Å². The first-order valence-electron chi connectivity index (χ1n) is 7.44. The van der Waals surface area contributed by atoms with Gasteiger partial charge in [-0.2, -0.15) is 0 Å². The summed E-state index contributed by atoms with van der Waals surface area (Å²) < 4.78 is 5.63. The zero-order valence-electron chi connectivity index (χ0n) is 12.1. The minimum absolute atomic E-state index is 0.00593. The Labute approximate surface area is 120 Å². The zero-order valence-corrected chi connectivity index (χ0v) is 12.1. The summed E-state index contributed by atoms with van der Waals surface area (Å²) in [7, 11) is 0. The van der Waals surface area contributed by atoms with E-state index in [1.807, 2.05) is 37.3 Å². The van der Waals surface area contributed by atoms with Crippen molar-refractivity contribution in [2.75, 3.05) is 19.7 Å². The lowest BCUT2D eigenvalue weighted by molar-refractivity contribution is -0.125. The van der Waals surface area contributed by atoms with Gasteiger partial charge in [-0.3, -0.25) is 4.79 Å². The molecule has 1 atom stereocenters. The van der Waals surface area contributed by atoms with Crippen molar-refractivity contribution in [2.24, 2.45) is 5.92 Å². The Hall–Kier alpha value is -1.55. The highest BCUT2D eigenvalue weighted by molar-refractivity contribution is 5.78. The number of para-hydroxylation sites is 1. The standard InChI is InChI=1S/C16H24N2O2/c1-13(9-12-20-15-5-3-2-4-6-15)16(19)18-14-7-10-17-11-8-14/h2-6,13-14,17H,7-12H2,1H3,(H,18,19). The molecule has 1 fully saturated rings. The van der Waals surface area contributed by atoms with Crippen molar-refractivity contribution in [3.05, 3.63) is 30.3 Å². The fourth-order valence-corrected chi connectivity index (χ4v) is 2.31. The number of ether oxygens (including phenoxy) is 1. The molecule has 4 nitrogen and oxygen atoms in total. The third-order valence-corrected chi connectivity index (χ3v) is 3.70. The molecule has 110 valence electrons. The van der Waals surface area contributed by atoms with Crippen molar-refractivity contribution in [1.82, 2.24) is 10.6 Å². The third-order valence-electron chi connectivity index (χ3n) is 3.70. The maximum atomic E-state index is 12.1. The molecular weight excluding hydrogens is 252 g/mol. The van der Waals surface area contributed by atoms with E-state index in [0.29, 0.717) is 12.6 Å². The molecule has 1 aromatic carbocycles. The molecule has 2 rings (SSSR count). The molecule has 1 aliphatic heterocycles. The Kier molecular flexibility index (Phi) is 5.87. The minimum Gasteiger partial charge on any atom is -0.494 e. The number of amides is 1. The van der Waals surface area contributed by atoms with Crippen LogP contribution in [0.1, 0.15) is 26.2 Å². The van der Waals surface area contributed by atoms with Crippen LogP contribution in [0, 0.1) is 5.92 Å². The summed E-state index contributed by atoms with van der Waals surface area (Å²) in [5.41, 5.74) is 0. The van der Waals surface area contributed by atoms with Crippen molar-refractivity contribution in [1.29, 1.82) is 0 Å². The Morgan fingerprint density at radius 2 is 2.05 bits per heavy atom. The van der Waals surface area contributed by atoms with Gasteiger partial charge in [-0.15, -0.1) is 0 Å². The monoisotopic (exact) mass is 276 g/mol. The van der Waals surface area contributed by atoms with Gasteiger partial charge in [-0.1, -0.05) is 25.1 Å². The average Bonchev–Trinajstić information content (AvgIpc) is 2.49. The molecule has 20 heavy (non-hydrogen) atoms. The van der Waals surface area contributed by atoms with Gasteiger partial charge in [-0.25, -0.2) is 0 Å². The van der Waals surface area contributed by atoms with Gasteiger partial charge in [0.2, 0.25) is 5.91 Å². The predicted molar refractivity (Wildman–Crippen MR) is 79.8 cm³/mol. The molecule has 1 unspecified atom stereocenters. The minimum atomic E-state index is -0.00593. The van der Waals surface area contributed by atoms with Gasteiger partial charge in [-0.05, 0) is 44.5 Å². The fourth-order valence-electron chi connectivity index (χ4n) is 2.31. The molecule has 1 amide bonds. The fraction of sp³-hybridized carbons (Fsp3) is 0.562.